The molecule has 0 aliphatic rings. The summed E-state index contributed by atoms with van der Waals surface area (Å²) in [6, 6.07) is 0. The summed E-state index contributed by atoms with van der Waals surface area (Å²) in [4.78, 5) is 0. The van der Waals surface area contributed by atoms with E-state index in [0.717, 1.165) is 20.1 Å². The smallest absolute Gasteiger partial charge is 1.00 e. The molecule has 0 atom stereocenters. The zero-order valence-corrected chi connectivity index (χ0v) is 11.0. The number of sulfone groups is 1. The van der Waals surface area contributed by atoms with Gasteiger partial charge in [0.1, 0.15) is 0 Å². The van der Waals surface area contributed by atoms with Crippen molar-refractivity contribution < 1.29 is 52.4 Å². The van der Waals surface area contributed by atoms with Crippen molar-refractivity contribution in [2.45, 2.75) is 17.9 Å². The summed E-state index contributed by atoms with van der Waals surface area (Å²) in [5.74, 6) is 0. The summed E-state index contributed by atoms with van der Waals surface area (Å²) >= 11 is 0. The van der Waals surface area contributed by atoms with E-state index in [4.69, 9.17) is 4.55 Å². The zero-order chi connectivity index (χ0) is 9.50. The third-order valence-corrected chi connectivity index (χ3v) is 6.08. The normalized spacial score (nSPS) is 13.7. The molecule has 5 nitrogen and oxygen atoms in total. The van der Waals surface area contributed by atoms with Gasteiger partial charge in [0, 0.05) is 6.26 Å². The van der Waals surface area contributed by atoms with Crippen LogP contribution in [-0.4, -0.2) is 31.7 Å². The SMILES string of the molecule is CC(C)(S(C)(=O)=O)S(=O)(=O)O.[H-].[Na+]. The zero-order valence-electron chi connectivity index (χ0n) is 8.40. The Hall–Kier alpha value is 0.860. The Morgan fingerprint density at radius 3 is 1.42 bits per heavy atom. The molecule has 0 rings (SSSR count). The monoisotopic (exact) mass is 226 g/mol. The Balaban J connectivity index is -0.000000500. The molecule has 0 aromatic rings. The van der Waals surface area contributed by atoms with Gasteiger partial charge in [-0.3, -0.25) is 4.55 Å². The largest absolute Gasteiger partial charge is 1.00 e. The molecule has 0 saturated heterocycles. The Labute approximate surface area is 96.0 Å². The quantitative estimate of drug-likeness (QED) is 0.395. The van der Waals surface area contributed by atoms with Crippen LogP contribution in [0.25, 0.3) is 0 Å². The Morgan fingerprint density at radius 2 is 1.42 bits per heavy atom. The molecule has 0 aliphatic heterocycles. The second-order valence-electron chi connectivity index (χ2n) is 2.65. The Bertz CT molecular complexity index is 309. The molecule has 0 aromatic heterocycles. The van der Waals surface area contributed by atoms with Crippen LogP contribution in [0.4, 0.5) is 0 Å². The summed E-state index contributed by atoms with van der Waals surface area (Å²) in [5.41, 5.74) is 0. The number of hydrogen-bond donors (Lipinski definition) is 1. The minimum Gasteiger partial charge on any atom is -1.00 e. The first-order valence-corrected chi connectivity index (χ1v) is 6.00. The van der Waals surface area contributed by atoms with Gasteiger partial charge in [-0.25, -0.2) is 8.42 Å². The van der Waals surface area contributed by atoms with Crippen molar-refractivity contribution in [3.05, 3.63) is 0 Å². The van der Waals surface area contributed by atoms with Crippen molar-refractivity contribution in [3.8, 4) is 0 Å². The van der Waals surface area contributed by atoms with Crippen LogP contribution >= 0.6 is 0 Å². The predicted octanol–water partition coefficient (Wildman–Crippen LogP) is -3.23. The average Bonchev–Trinajstić information content (AvgIpc) is 1.58. The minimum absolute atomic E-state index is 0. The molecule has 0 fully saturated rings. The van der Waals surface area contributed by atoms with Crippen LogP contribution in [0.1, 0.15) is 15.3 Å². The molecular formula is C4H11NaO5S2. The molecule has 0 spiro atoms. The first-order valence-electron chi connectivity index (χ1n) is 2.67. The van der Waals surface area contributed by atoms with E-state index >= 15 is 0 Å². The van der Waals surface area contributed by atoms with Crippen molar-refractivity contribution >= 4 is 20.0 Å². The molecule has 0 unspecified atom stereocenters. The van der Waals surface area contributed by atoms with Crippen LogP contribution in [0, 0.1) is 0 Å². The van der Waals surface area contributed by atoms with E-state index in [0.29, 0.717) is 0 Å². The van der Waals surface area contributed by atoms with Crippen LogP contribution in [0.2, 0.25) is 0 Å². The first-order chi connectivity index (χ1) is 4.50. The van der Waals surface area contributed by atoms with E-state index in [1.165, 1.54) is 0 Å². The summed E-state index contributed by atoms with van der Waals surface area (Å²) in [5, 5.41) is 0. The van der Waals surface area contributed by atoms with Gasteiger partial charge >= 0.3 is 29.6 Å². The fourth-order valence-electron chi connectivity index (χ4n) is 0.191. The molecule has 12 heavy (non-hydrogen) atoms. The van der Waals surface area contributed by atoms with Gasteiger partial charge < -0.3 is 1.43 Å². The fraction of sp³-hybridized carbons (Fsp3) is 1.00. The standard InChI is InChI=1S/C4H10O5S2.Na.H/c1-4(2,10(3,5)6)11(7,8)9;;/h1-3H3,(H,7,8,9);;/q;+1;-1. The van der Waals surface area contributed by atoms with Crippen molar-refractivity contribution in [2.75, 3.05) is 6.26 Å². The second kappa shape index (κ2) is 3.93. The molecule has 0 aromatic carbocycles. The number of hydrogen-bond acceptors (Lipinski definition) is 4. The van der Waals surface area contributed by atoms with Gasteiger partial charge in [-0.2, -0.15) is 8.42 Å². The van der Waals surface area contributed by atoms with Crippen molar-refractivity contribution in [2.24, 2.45) is 0 Å². The van der Waals surface area contributed by atoms with Crippen LogP contribution < -0.4 is 29.6 Å². The maximum Gasteiger partial charge on any atom is 1.00 e. The van der Waals surface area contributed by atoms with E-state index in [-0.39, 0.29) is 31.0 Å². The third-order valence-electron chi connectivity index (χ3n) is 1.51. The van der Waals surface area contributed by atoms with Crippen LogP contribution in [-0.2, 0) is 20.0 Å². The Kier molecular flexibility index (Phi) is 5.03. The van der Waals surface area contributed by atoms with Gasteiger partial charge in [0.2, 0.25) is 0 Å². The average molecular weight is 226 g/mol. The molecule has 70 valence electrons. The molecule has 1 N–H and O–H groups in total. The maximum absolute atomic E-state index is 10.8. The van der Waals surface area contributed by atoms with E-state index < -0.39 is 24.0 Å². The van der Waals surface area contributed by atoms with Gasteiger partial charge in [-0.05, 0) is 13.8 Å². The molecule has 8 heteroatoms. The molecule has 0 aliphatic carbocycles. The van der Waals surface area contributed by atoms with Gasteiger partial charge in [-0.1, -0.05) is 0 Å². The Morgan fingerprint density at radius 1 is 1.17 bits per heavy atom. The predicted molar refractivity (Wildman–Crippen MR) is 41.6 cm³/mol. The minimum atomic E-state index is -4.55. The van der Waals surface area contributed by atoms with Crippen LogP contribution in [0.15, 0.2) is 0 Å². The number of rotatable bonds is 2. The molecule has 0 saturated carbocycles. The second-order valence-corrected chi connectivity index (χ2v) is 7.44. The molecule has 0 amide bonds. The van der Waals surface area contributed by atoms with E-state index in [1.54, 1.807) is 0 Å². The van der Waals surface area contributed by atoms with Gasteiger partial charge in [0.25, 0.3) is 10.1 Å². The van der Waals surface area contributed by atoms with Gasteiger partial charge in [-0.15, -0.1) is 0 Å². The van der Waals surface area contributed by atoms with E-state index in [1.807, 2.05) is 0 Å². The van der Waals surface area contributed by atoms with Crippen LogP contribution in [0.3, 0.4) is 0 Å². The van der Waals surface area contributed by atoms with Crippen molar-refractivity contribution in [1.82, 2.24) is 0 Å². The fourth-order valence-corrected chi connectivity index (χ4v) is 1.72. The summed E-state index contributed by atoms with van der Waals surface area (Å²) < 4.78 is 48.8. The molecular weight excluding hydrogens is 215 g/mol. The summed E-state index contributed by atoms with van der Waals surface area (Å²) in [6.07, 6.45) is 0.751. The molecule has 0 radical (unpaired) electrons. The van der Waals surface area contributed by atoms with E-state index in [2.05, 4.69) is 0 Å². The van der Waals surface area contributed by atoms with Crippen molar-refractivity contribution in [1.29, 1.82) is 0 Å². The van der Waals surface area contributed by atoms with Crippen LogP contribution in [0.5, 0.6) is 0 Å². The summed E-state index contributed by atoms with van der Waals surface area (Å²) in [7, 11) is -8.35. The topological polar surface area (TPSA) is 88.5 Å². The van der Waals surface area contributed by atoms with Crippen molar-refractivity contribution in [3.63, 3.8) is 0 Å². The molecule has 0 heterocycles. The van der Waals surface area contributed by atoms with E-state index in [9.17, 15) is 16.8 Å². The first kappa shape index (κ1) is 15.3. The third kappa shape index (κ3) is 2.97. The summed E-state index contributed by atoms with van der Waals surface area (Å²) in [6.45, 7) is 1.86. The molecule has 0 bridgehead atoms. The van der Waals surface area contributed by atoms with Gasteiger partial charge in [0.15, 0.2) is 13.9 Å². The van der Waals surface area contributed by atoms with Gasteiger partial charge in [0.05, 0.1) is 0 Å². The maximum atomic E-state index is 10.8.